The van der Waals surface area contributed by atoms with E-state index >= 15 is 0 Å². The van der Waals surface area contributed by atoms with Gasteiger partial charge in [-0.1, -0.05) is 140 Å². The van der Waals surface area contributed by atoms with Crippen molar-refractivity contribution >= 4 is 65.3 Å². The number of hydrogen-bond donors (Lipinski definition) is 0. The van der Waals surface area contributed by atoms with Gasteiger partial charge in [0.05, 0.1) is 11.0 Å². The molecule has 0 fully saturated rings. The zero-order chi connectivity index (χ0) is 34.2. The van der Waals surface area contributed by atoms with Crippen LogP contribution in [0.15, 0.2) is 174 Å². The first-order chi connectivity index (χ1) is 25.8. The van der Waals surface area contributed by atoms with Crippen molar-refractivity contribution in [2.24, 2.45) is 0 Å². The number of hydrogen-bond acceptors (Lipinski definition) is 4. The summed E-state index contributed by atoms with van der Waals surface area (Å²) in [5.74, 6) is 1.86. The van der Waals surface area contributed by atoms with Crippen LogP contribution in [0.5, 0.6) is 0 Å². The quantitative estimate of drug-likeness (QED) is 0.188. The van der Waals surface area contributed by atoms with Crippen LogP contribution in [0, 0.1) is 0 Å². The topological polar surface area (TPSA) is 56.7 Å². The van der Waals surface area contributed by atoms with Crippen LogP contribution in [0.4, 0.5) is 0 Å². The highest BCUT2D eigenvalue weighted by Gasteiger charge is 2.22. The maximum absolute atomic E-state index is 6.34. The second-order valence-corrected chi connectivity index (χ2v) is 13.2. The minimum absolute atomic E-state index is 0.612. The van der Waals surface area contributed by atoms with Crippen molar-refractivity contribution in [2.75, 3.05) is 0 Å². The number of nitrogens with zero attached hydrogens (tertiary/aromatic N) is 4. The van der Waals surface area contributed by atoms with Crippen molar-refractivity contribution in [1.82, 2.24) is 19.5 Å². The molecule has 0 spiro atoms. The summed E-state index contributed by atoms with van der Waals surface area (Å²) in [6, 6.07) is 59.0. The lowest BCUT2D eigenvalue weighted by Gasteiger charge is -2.12. The van der Waals surface area contributed by atoms with Gasteiger partial charge in [0.25, 0.3) is 0 Å². The SMILES string of the molecule is c1ccc(-c2nc(-c3cccc4ccc5oc6ccccc6c5c34)nc(-c3cccc4c3c3ccc5ccccc5c3n4-c3ccccc3)n2)cc1. The minimum atomic E-state index is 0.612. The van der Waals surface area contributed by atoms with Crippen molar-refractivity contribution < 1.29 is 4.42 Å². The van der Waals surface area contributed by atoms with Crippen LogP contribution in [0.1, 0.15) is 0 Å². The Kier molecular flexibility index (Phi) is 6.18. The summed E-state index contributed by atoms with van der Waals surface area (Å²) in [4.78, 5) is 15.8. The van der Waals surface area contributed by atoms with E-state index in [1.54, 1.807) is 0 Å². The lowest BCUT2D eigenvalue weighted by molar-refractivity contribution is 0.669. The van der Waals surface area contributed by atoms with Crippen LogP contribution >= 0.6 is 0 Å². The molecular weight excluding hydrogens is 637 g/mol. The minimum Gasteiger partial charge on any atom is -0.456 e. The maximum Gasteiger partial charge on any atom is 0.164 e. The summed E-state index contributed by atoms with van der Waals surface area (Å²) in [5, 5.41) is 8.92. The van der Waals surface area contributed by atoms with Gasteiger partial charge < -0.3 is 8.98 Å². The van der Waals surface area contributed by atoms with Gasteiger partial charge in [-0.2, -0.15) is 0 Å². The molecule has 0 bridgehead atoms. The Balaban J connectivity index is 1.25. The molecule has 0 amide bonds. The van der Waals surface area contributed by atoms with Gasteiger partial charge >= 0.3 is 0 Å². The number of fused-ring (bicyclic) bond motifs is 10. The summed E-state index contributed by atoms with van der Waals surface area (Å²) in [6.07, 6.45) is 0. The molecule has 0 saturated heterocycles. The van der Waals surface area contributed by atoms with Gasteiger partial charge in [0, 0.05) is 54.7 Å². The molecule has 0 aliphatic heterocycles. The summed E-state index contributed by atoms with van der Waals surface area (Å²) in [6.45, 7) is 0. The van der Waals surface area contributed by atoms with Crippen molar-refractivity contribution in [3.8, 4) is 39.9 Å². The largest absolute Gasteiger partial charge is 0.456 e. The monoisotopic (exact) mass is 664 g/mol. The third-order valence-electron chi connectivity index (χ3n) is 10.2. The van der Waals surface area contributed by atoms with Gasteiger partial charge in [0.15, 0.2) is 17.5 Å². The summed E-state index contributed by atoms with van der Waals surface area (Å²) in [7, 11) is 0. The number of furan rings is 1. The van der Waals surface area contributed by atoms with Crippen LogP contribution < -0.4 is 0 Å². The van der Waals surface area contributed by atoms with Gasteiger partial charge in [-0.25, -0.2) is 15.0 Å². The molecule has 0 unspecified atom stereocenters. The zero-order valence-corrected chi connectivity index (χ0v) is 27.9. The predicted octanol–water partition coefficient (Wildman–Crippen LogP) is 12.2. The van der Waals surface area contributed by atoms with E-state index in [1.165, 1.54) is 10.8 Å². The van der Waals surface area contributed by atoms with Crippen molar-refractivity contribution in [3.63, 3.8) is 0 Å². The smallest absolute Gasteiger partial charge is 0.164 e. The Labute approximate surface area is 298 Å². The summed E-state index contributed by atoms with van der Waals surface area (Å²) < 4.78 is 8.72. The molecule has 8 aromatic carbocycles. The van der Waals surface area contributed by atoms with Gasteiger partial charge in [-0.05, 0) is 41.1 Å². The average Bonchev–Trinajstić information content (AvgIpc) is 3.77. The Morgan fingerprint density at radius 2 is 1.02 bits per heavy atom. The molecule has 3 aromatic heterocycles. The molecule has 0 saturated carbocycles. The first-order valence-electron chi connectivity index (χ1n) is 17.5. The Hall–Kier alpha value is -7.11. The molecule has 0 radical (unpaired) electrons. The Bertz CT molecular complexity index is 3180. The normalized spacial score (nSPS) is 11.8. The molecule has 0 aliphatic carbocycles. The highest BCUT2D eigenvalue weighted by atomic mass is 16.3. The molecular formula is C47H28N4O. The number of rotatable bonds is 4. The van der Waals surface area contributed by atoms with Gasteiger partial charge in [-0.15, -0.1) is 0 Å². The molecule has 11 aromatic rings. The molecule has 0 N–H and O–H groups in total. The predicted molar refractivity (Wildman–Crippen MR) is 213 cm³/mol. The standard InChI is InChI=1S/C47H28N4O/c1-3-14-31(15-4-1)45-48-46(36-21-11-16-30-26-28-40-43(41(30)36)34-20-9-10-24-39(34)52-40)50-47(49-45)37-22-12-23-38-42(37)35-27-25-29-13-7-8-19-33(29)44(35)51(38)32-17-5-2-6-18-32/h1-28H. The molecule has 52 heavy (non-hydrogen) atoms. The van der Waals surface area contributed by atoms with E-state index in [4.69, 9.17) is 19.4 Å². The van der Waals surface area contributed by atoms with Crippen LogP contribution in [0.3, 0.4) is 0 Å². The van der Waals surface area contributed by atoms with E-state index in [0.717, 1.165) is 76.9 Å². The van der Waals surface area contributed by atoms with E-state index in [0.29, 0.717) is 17.5 Å². The lowest BCUT2D eigenvalue weighted by atomic mass is 9.98. The molecule has 5 nitrogen and oxygen atoms in total. The molecule has 3 heterocycles. The van der Waals surface area contributed by atoms with Crippen molar-refractivity contribution in [2.45, 2.75) is 0 Å². The number of para-hydroxylation sites is 2. The molecule has 242 valence electrons. The van der Waals surface area contributed by atoms with Gasteiger partial charge in [0.2, 0.25) is 0 Å². The van der Waals surface area contributed by atoms with Gasteiger partial charge in [-0.3, -0.25) is 0 Å². The first-order valence-corrected chi connectivity index (χ1v) is 17.5. The van der Waals surface area contributed by atoms with E-state index in [-0.39, 0.29) is 0 Å². The van der Waals surface area contributed by atoms with Crippen LogP contribution in [-0.4, -0.2) is 19.5 Å². The zero-order valence-electron chi connectivity index (χ0n) is 27.9. The van der Waals surface area contributed by atoms with Crippen LogP contribution in [0.25, 0.3) is 105 Å². The fourth-order valence-electron chi connectivity index (χ4n) is 7.97. The number of benzene rings is 8. The Morgan fingerprint density at radius 3 is 1.85 bits per heavy atom. The van der Waals surface area contributed by atoms with Gasteiger partial charge in [0.1, 0.15) is 11.2 Å². The molecule has 0 atom stereocenters. The lowest BCUT2D eigenvalue weighted by Crippen LogP contribution is -2.01. The summed E-state index contributed by atoms with van der Waals surface area (Å²) >= 11 is 0. The number of aromatic nitrogens is 4. The Morgan fingerprint density at radius 1 is 0.385 bits per heavy atom. The highest BCUT2D eigenvalue weighted by Crippen LogP contribution is 2.43. The second kappa shape index (κ2) is 11.2. The molecule has 0 aliphatic rings. The fraction of sp³-hybridized carbons (Fsp3) is 0. The van der Waals surface area contributed by atoms with Crippen LogP contribution in [-0.2, 0) is 0 Å². The van der Waals surface area contributed by atoms with E-state index in [1.807, 2.05) is 30.3 Å². The second-order valence-electron chi connectivity index (χ2n) is 13.2. The summed E-state index contributed by atoms with van der Waals surface area (Å²) in [5.41, 5.74) is 7.86. The van der Waals surface area contributed by atoms with E-state index < -0.39 is 0 Å². The van der Waals surface area contributed by atoms with E-state index in [2.05, 4.69) is 144 Å². The fourth-order valence-corrected chi connectivity index (χ4v) is 7.97. The highest BCUT2D eigenvalue weighted by molar-refractivity contribution is 6.23. The third kappa shape index (κ3) is 4.26. The van der Waals surface area contributed by atoms with Crippen molar-refractivity contribution in [1.29, 1.82) is 0 Å². The van der Waals surface area contributed by atoms with E-state index in [9.17, 15) is 0 Å². The van der Waals surface area contributed by atoms with Crippen molar-refractivity contribution in [3.05, 3.63) is 170 Å². The average molecular weight is 665 g/mol. The molecule has 5 heteroatoms. The first kappa shape index (κ1) is 28.7. The van der Waals surface area contributed by atoms with Crippen LogP contribution in [0.2, 0.25) is 0 Å². The third-order valence-corrected chi connectivity index (χ3v) is 10.2. The maximum atomic E-state index is 6.34. The molecule has 11 rings (SSSR count).